The van der Waals surface area contributed by atoms with Gasteiger partial charge in [-0.2, -0.15) is 0 Å². The third-order valence-electron chi connectivity index (χ3n) is 5.00. The highest BCUT2D eigenvalue weighted by Crippen LogP contribution is 2.26. The summed E-state index contributed by atoms with van der Waals surface area (Å²) in [6, 6.07) is 11.9. The van der Waals surface area contributed by atoms with E-state index in [4.69, 9.17) is 4.74 Å². The van der Waals surface area contributed by atoms with Gasteiger partial charge in [-0.05, 0) is 36.2 Å². The molecule has 3 rings (SSSR count). The molecule has 0 spiro atoms. The van der Waals surface area contributed by atoms with Gasteiger partial charge in [-0.25, -0.2) is 13.1 Å². The Hall–Kier alpha value is -1.45. The number of anilines is 1. The first kappa shape index (κ1) is 21.3. The first-order valence-electron chi connectivity index (χ1n) is 9.58. The predicted octanol–water partition coefficient (Wildman–Crippen LogP) is 2.73. The highest BCUT2D eigenvalue weighted by Gasteiger charge is 2.25. The van der Waals surface area contributed by atoms with E-state index >= 15 is 0 Å². The molecule has 154 valence electrons. The lowest BCUT2D eigenvalue weighted by Crippen LogP contribution is -2.43. The van der Waals surface area contributed by atoms with Crippen LogP contribution in [-0.4, -0.2) is 60.3 Å². The van der Waals surface area contributed by atoms with E-state index < -0.39 is 10.0 Å². The number of rotatable bonds is 8. The summed E-state index contributed by atoms with van der Waals surface area (Å²) in [7, 11) is 0.506. The van der Waals surface area contributed by atoms with Gasteiger partial charge in [0.25, 0.3) is 0 Å². The van der Waals surface area contributed by atoms with Gasteiger partial charge in [0.2, 0.25) is 10.0 Å². The summed E-state index contributed by atoms with van der Waals surface area (Å²) in [5.41, 5.74) is 2.23. The second-order valence-electron chi connectivity index (χ2n) is 7.08. The number of hydrogen-bond acceptors (Lipinski definition) is 6. The molecule has 0 bridgehead atoms. The molecule has 1 aromatic carbocycles. The minimum absolute atomic E-state index is 0.0273. The SMILES string of the molecule is CCc1ccc(S(=O)(=O)NC[C@H](c2ccc(N(C)C)cc2)N2CCOCC2)s1. The zero-order valence-corrected chi connectivity index (χ0v) is 18.4. The van der Waals surface area contributed by atoms with Crippen LogP contribution in [0.25, 0.3) is 0 Å². The standard InChI is InChI=1S/C20H29N3O3S2/c1-4-18-9-10-20(27-18)28(24,25)21-15-19(23-11-13-26-14-12-23)16-5-7-17(8-6-16)22(2)3/h5-10,19,21H,4,11-15H2,1-3H3/t19-/m1/s1. The highest BCUT2D eigenvalue weighted by atomic mass is 32.2. The average molecular weight is 424 g/mol. The zero-order valence-electron chi connectivity index (χ0n) is 16.7. The largest absolute Gasteiger partial charge is 0.379 e. The van der Waals surface area contributed by atoms with Crippen LogP contribution < -0.4 is 9.62 Å². The van der Waals surface area contributed by atoms with Gasteiger partial charge >= 0.3 is 0 Å². The quantitative estimate of drug-likeness (QED) is 0.707. The van der Waals surface area contributed by atoms with Crippen molar-refractivity contribution in [3.63, 3.8) is 0 Å². The Kier molecular flexibility index (Phi) is 7.11. The van der Waals surface area contributed by atoms with Crippen LogP contribution in [0.3, 0.4) is 0 Å². The number of hydrogen-bond donors (Lipinski definition) is 1. The Morgan fingerprint density at radius 3 is 2.39 bits per heavy atom. The van der Waals surface area contributed by atoms with Crippen molar-refractivity contribution in [2.45, 2.75) is 23.6 Å². The molecule has 6 nitrogen and oxygen atoms in total. The molecule has 1 aliphatic rings. The molecule has 2 heterocycles. The van der Waals surface area contributed by atoms with Crippen molar-refractivity contribution in [2.24, 2.45) is 0 Å². The first-order valence-corrected chi connectivity index (χ1v) is 11.9. The number of benzene rings is 1. The maximum absolute atomic E-state index is 12.8. The third-order valence-corrected chi connectivity index (χ3v) is 8.14. The lowest BCUT2D eigenvalue weighted by Gasteiger charge is -2.35. The Morgan fingerprint density at radius 1 is 1.14 bits per heavy atom. The van der Waals surface area contributed by atoms with Crippen molar-refractivity contribution in [2.75, 3.05) is 51.8 Å². The van der Waals surface area contributed by atoms with Gasteiger partial charge in [-0.1, -0.05) is 19.1 Å². The van der Waals surface area contributed by atoms with Gasteiger partial charge in [0.15, 0.2) is 0 Å². The number of nitrogens with one attached hydrogen (secondary N) is 1. The summed E-state index contributed by atoms with van der Waals surface area (Å²) in [4.78, 5) is 5.42. The number of nitrogens with zero attached hydrogens (tertiary/aromatic N) is 2. The van der Waals surface area contributed by atoms with Crippen LogP contribution in [0.15, 0.2) is 40.6 Å². The van der Waals surface area contributed by atoms with Crippen molar-refractivity contribution >= 4 is 27.0 Å². The maximum atomic E-state index is 12.8. The number of aryl methyl sites for hydroxylation is 1. The smallest absolute Gasteiger partial charge is 0.250 e. The molecule has 1 aliphatic heterocycles. The molecule has 1 fully saturated rings. The van der Waals surface area contributed by atoms with Crippen LogP contribution in [0, 0.1) is 0 Å². The lowest BCUT2D eigenvalue weighted by atomic mass is 10.0. The lowest BCUT2D eigenvalue weighted by molar-refractivity contribution is 0.0172. The van der Waals surface area contributed by atoms with Crippen LogP contribution in [0.4, 0.5) is 5.69 Å². The number of thiophene rings is 1. The molecule has 1 saturated heterocycles. The van der Waals surface area contributed by atoms with Gasteiger partial charge in [-0.3, -0.25) is 4.90 Å². The average Bonchev–Trinajstić information content (AvgIpc) is 3.20. The van der Waals surface area contributed by atoms with Crippen LogP contribution in [0.5, 0.6) is 0 Å². The van der Waals surface area contributed by atoms with Crippen molar-refractivity contribution < 1.29 is 13.2 Å². The van der Waals surface area contributed by atoms with E-state index in [2.05, 4.69) is 38.8 Å². The fourth-order valence-electron chi connectivity index (χ4n) is 3.29. The van der Waals surface area contributed by atoms with Gasteiger partial charge < -0.3 is 9.64 Å². The Balaban J connectivity index is 1.78. The van der Waals surface area contributed by atoms with Crippen LogP contribution in [0.1, 0.15) is 23.4 Å². The van der Waals surface area contributed by atoms with Gasteiger partial charge in [-0.15, -0.1) is 11.3 Å². The second-order valence-corrected chi connectivity index (χ2v) is 10.2. The molecule has 1 atom stereocenters. The summed E-state index contributed by atoms with van der Waals surface area (Å²) in [5, 5.41) is 0. The molecule has 0 saturated carbocycles. The van der Waals surface area contributed by atoms with E-state index in [0.29, 0.717) is 24.0 Å². The molecule has 0 radical (unpaired) electrons. The molecular formula is C20H29N3O3S2. The fraction of sp³-hybridized carbons (Fsp3) is 0.500. The predicted molar refractivity (Wildman–Crippen MR) is 115 cm³/mol. The number of ether oxygens (including phenoxy) is 1. The molecule has 0 aliphatic carbocycles. The normalized spacial score (nSPS) is 16.8. The van der Waals surface area contributed by atoms with E-state index in [0.717, 1.165) is 35.6 Å². The molecule has 2 aromatic rings. The van der Waals surface area contributed by atoms with Crippen molar-refractivity contribution in [1.82, 2.24) is 9.62 Å². The topological polar surface area (TPSA) is 61.9 Å². The monoisotopic (exact) mass is 423 g/mol. The van der Waals surface area contributed by atoms with Gasteiger partial charge in [0.1, 0.15) is 4.21 Å². The van der Waals surface area contributed by atoms with E-state index in [1.165, 1.54) is 11.3 Å². The molecule has 1 N–H and O–H groups in total. The number of morpholine rings is 1. The van der Waals surface area contributed by atoms with Crippen molar-refractivity contribution in [3.8, 4) is 0 Å². The summed E-state index contributed by atoms with van der Waals surface area (Å²) in [5.74, 6) is 0. The summed E-state index contributed by atoms with van der Waals surface area (Å²) < 4.78 is 34.2. The van der Waals surface area contributed by atoms with Crippen LogP contribution in [-0.2, 0) is 21.2 Å². The van der Waals surface area contributed by atoms with Crippen LogP contribution >= 0.6 is 11.3 Å². The van der Waals surface area contributed by atoms with Gasteiger partial charge in [0, 0.05) is 50.3 Å². The third kappa shape index (κ3) is 5.12. The highest BCUT2D eigenvalue weighted by molar-refractivity contribution is 7.91. The Labute approximate surface area is 172 Å². The summed E-state index contributed by atoms with van der Waals surface area (Å²) >= 11 is 1.34. The maximum Gasteiger partial charge on any atom is 0.250 e. The van der Waals surface area contributed by atoms with Crippen LogP contribution in [0.2, 0.25) is 0 Å². The van der Waals surface area contributed by atoms with E-state index in [1.54, 1.807) is 6.07 Å². The minimum Gasteiger partial charge on any atom is -0.379 e. The van der Waals surface area contributed by atoms with Crippen molar-refractivity contribution in [3.05, 3.63) is 46.8 Å². The van der Waals surface area contributed by atoms with E-state index in [1.807, 2.05) is 27.1 Å². The first-order chi connectivity index (χ1) is 13.4. The molecule has 28 heavy (non-hydrogen) atoms. The van der Waals surface area contributed by atoms with E-state index in [9.17, 15) is 8.42 Å². The Bertz CT molecular complexity index is 857. The fourth-order valence-corrected chi connectivity index (χ4v) is 5.67. The Morgan fingerprint density at radius 2 is 1.82 bits per heavy atom. The number of sulfonamides is 1. The minimum atomic E-state index is -3.51. The molecule has 1 aromatic heterocycles. The molecule has 0 unspecified atom stereocenters. The molecule has 0 amide bonds. The van der Waals surface area contributed by atoms with Crippen molar-refractivity contribution in [1.29, 1.82) is 0 Å². The zero-order chi connectivity index (χ0) is 20.1. The summed E-state index contributed by atoms with van der Waals surface area (Å²) in [6.45, 7) is 5.29. The second kappa shape index (κ2) is 9.37. The van der Waals surface area contributed by atoms with Gasteiger partial charge in [0.05, 0.1) is 13.2 Å². The molecule has 8 heteroatoms. The molecular weight excluding hydrogens is 394 g/mol. The summed E-state index contributed by atoms with van der Waals surface area (Å²) in [6.07, 6.45) is 0.842. The van der Waals surface area contributed by atoms with E-state index in [-0.39, 0.29) is 6.04 Å².